The fourth-order valence-electron chi connectivity index (χ4n) is 8.90. The molecule has 0 bridgehead atoms. The summed E-state index contributed by atoms with van der Waals surface area (Å²) < 4.78 is 0. The second-order valence-corrected chi connectivity index (χ2v) is 14.3. The highest BCUT2D eigenvalue weighted by Gasteiger charge is 2.34. The molecule has 0 aliphatic carbocycles. The molecule has 0 amide bonds. The molecular weight excluding hydrogens is 681 g/mol. The molecule has 8 aromatic carbocycles. The first-order chi connectivity index (χ1) is 27.7. The Bertz CT molecular complexity index is 2570. The molecule has 56 heavy (non-hydrogen) atoms. The van der Waals surface area contributed by atoms with E-state index < -0.39 is 0 Å². The maximum atomic E-state index is 10.7. The van der Waals surface area contributed by atoms with Gasteiger partial charge in [0.2, 0.25) is 0 Å². The molecule has 0 saturated carbocycles. The van der Waals surface area contributed by atoms with E-state index in [0.717, 1.165) is 45.3 Å². The van der Waals surface area contributed by atoms with Crippen LogP contribution in [0.5, 0.6) is 0 Å². The van der Waals surface area contributed by atoms with Gasteiger partial charge in [-0.05, 0) is 81.9 Å². The highest BCUT2D eigenvalue weighted by atomic mass is 15.2. The van der Waals surface area contributed by atoms with Crippen molar-refractivity contribution in [2.75, 3.05) is 9.80 Å². The van der Waals surface area contributed by atoms with Crippen molar-refractivity contribution in [2.45, 2.75) is 11.8 Å². The number of hydrogen-bond acceptors (Lipinski definition) is 4. The Hall–Kier alpha value is -7.66. The van der Waals surface area contributed by atoms with Crippen molar-refractivity contribution in [3.05, 3.63) is 239 Å². The minimum Gasteiger partial charge on any atom is -0.310 e. The maximum Gasteiger partial charge on any atom is 0.0998 e. The van der Waals surface area contributed by atoms with E-state index in [4.69, 9.17) is 0 Å². The number of benzene rings is 8. The first kappa shape index (κ1) is 32.9. The lowest BCUT2D eigenvalue weighted by Gasteiger charge is -2.38. The monoisotopic (exact) mass is 714 g/mol. The summed E-state index contributed by atoms with van der Waals surface area (Å²) >= 11 is 0. The van der Waals surface area contributed by atoms with Crippen LogP contribution in [0, 0.1) is 22.7 Å². The Balaban J connectivity index is 1.07. The molecule has 2 aliphatic heterocycles. The maximum absolute atomic E-state index is 10.7. The second-order valence-electron chi connectivity index (χ2n) is 14.3. The SMILES string of the molecule is N#Cc1cc(N2c3ccccc3C(c3ccccc3)c3ccccc32)ccc1-c1ccc(N2c3ccccc3C(c3ccccc3)c3ccccc32)cc1C#N. The smallest absolute Gasteiger partial charge is 0.0998 e. The summed E-state index contributed by atoms with van der Waals surface area (Å²) in [7, 11) is 0. The molecular formula is C52H34N4. The van der Waals surface area contributed by atoms with Crippen molar-refractivity contribution < 1.29 is 0 Å². The van der Waals surface area contributed by atoms with Gasteiger partial charge in [-0.2, -0.15) is 10.5 Å². The third kappa shape index (κ3) is 5.28. The number of nitriles is 2. The van der Waals surface area contributed by atoms with Crippen LogP contribution in [-0.4, -0.2) is 0 Å². The number of para-hydroxylation sites is 4. The molecule has 0 fully saturated rings. The van der Waals surface area contributed by atoms with Gasteiger partial charge in [-0.1, -0.05) is 146 Å². The summed E-state index contributed by atoms with van der Waals surface area (Å²) in [5, 5.41) is 21.4. The fraction of sp³-hybridized carbons (Fsp3) is 0.0385. The van der Waals surface area contributed by atoms with E-state index in [1.54, 1.807) is 0 Å². The predicted octanol–water partition coefficient (Wildman–Crippen LogP) is 13.0. The largest absolute Gasteiger partial charge is 0.310 e. The van der Waals surface area contributed by atoms with Gasteiger partial charge in [-0.15, -0.1) is 0 Å². The van der Waals surface area contributed by atoms with E-state index in [1.807, 2.05) is 24.3 Å². The minimum absolute atomic E-state index is 0.0781. The van der Waals surface area contributed by atoms with Gasteiger partial charge < -0.3 is 9.80 Å². The lowest BCUT2D eigenvalue weighted by molar-refractivity contribution is 0.938. The second kappa shape index (κ2) is 13.6. The van der Waals surface area contributed by atoms with E-state index in [2.05, 4.69) is 192 Å². The lowest BCUT2D eigenvalue weighted by atomic mass is 9.80. The van der Waals surface area contributed by atoms with Gasteiger partial charge in [-0.25, -0.2) is 0 Å². The Morgan fingerprint density at radius 3 is 0.964 bits per heavy atom. The topological polar surface area (TPSA) is 54.1 Å². The molecule has 262 valence electrons. The molecule has 0 saturated heterocycles. The molecule has 0 radical (unpaired) electrons. The number of anilines is 6. The third-order valence-corrected chi connectivity index (χ3v) is 11.3. The molecule has 0 aromatic heterocycles. The molecule has 8 aromatic rings. The van der Waals surface area contributed by atoms with Crippen molar-refractivity contribution in [1.82, 2.24) is 0 Å². The van der Waals surface area contributed by atoms with Crippen molar-refractivity contribution in [3.63, 3.8) is 0 Å². The number of hydrogen-bond donors (Lipinski definition) is 0. The van der Waals surface area contributed by atoms with Crippen molar-refractivity contribution in [2.24, 2.45) is 0 Å². The quantitative estimate of drug-likeness (QED) is 0.178. The zero-order valence-electron chi connectivity index (χ0n) is 30.4. The summed E-state index contributed by atoms with van der Waals surface area (Å²) in [6, 6.07) is 72.4. The molecule has 0 N–H and O–H groups in total. The van der Waals surface area contributed by atoms with Gasteiger partial charge in [-0.3, -0.25) is 0 Å². The summed E-state index contributed by atoms with van der Waals surface area (Å²) in [4.78, 5) is 4.52. The van der Waals surface area contributed by atoms with Crippen LogP contribution in [0.1, 0.15) is 56.3 Å². The Morgan fingerprint density at radius 1 is 0.339 bits per heavy atom. The number of fused-ring (bicyclic) bond motifs is 4. The molecule has 0 atom stereocenters. The summed E-state index contributed by atoms with van der Waals surface area (Å²) in [5.74, 6) is 0.156. The Morgan fingerprint density at radius 2 is 0.643 bits per heavy atom. The molecule has 4 nitrogen and oxygen atoms in total. The molecule has 2 aliphatic rings. The van der Waals surface area contributed by atoms with Crippen molar-refractivity contribution >= 4 is 34.1 Å². The highest BCUT2D eigenvalue weighted by molar-refractivity contribution is 5.90. The Labute approximate surface area is 327 Å². The van der Waals surface area contributed by atoms with Gasteiger partial charge in [0.1, 0.15) is 0 Å². The van der Waals surface area contributed by atoms with Crippen LogP contribution in [-0.2, 0) is 0 Å². The predicted molar refractivity (Wildman–Crippen MR) is 225 cm³/mol. The van der Waals surface area contributed by atoms with Crippen molar-refractivity contribution in [1.29, 1.82) is 10.5 Å². The van der Waals surface area contributed by atoms with E-state index in [9.17, 15) is 10.5 Å². The van der Waals surface area contributed by atoms with Crippen LogP contribution in [0.25, 0.3) is 11.1 Å². The number of rotatable bonds is 5. The third-order valence-electron chi connectivity index (χ3n) is 11.3. The van der Waals surface area contributed by atoms with Crippen molar-refractivity contribution in [3.8, 4) is 23.3 Å². The van der Waals surface area contributed by atoms with Gasteiger partial charge in [0.15, 0.2) is 0 Å². The number of nitrogens with zero attached hydrogens (tertiary/aromatic N) is 4. The standard InChI is InChI=1S/C52H34N4/c53-33-37-31-39(55-47-23-11-7-19-43(47)51(35-15-3-1-4-16-35)44-20-8-12-24-48(44)55)27-29-41(37)42-30-28-40(32-38(42)34-54)56-49-25-13-9-21-45(49)52(36-17-5-2-6-18-36)46-22-10-14-26-50(46)56/h1-32,51-52H. The average Bonchev–Trinajstić information content (AvgIpc) is 3.27. The minimum atomic E-state index is 0.0781. The lowest BCUT2D eigenvalue weighted by Crippen LogP contribution is -2.22. The molecule has 10 rings (SSSR count). The molecule has 0 spiro atoms. The summed E-state index contributed by atoms with van der Waals surface area (Å²) in [6.07, 6.45) is 0. The Kier molecular flexibility index (Phi) is 8.02. The van der Waals surface area contributed by atoms with Crippen LogP contribution >= 0.6 is 0 Å². The van der Waals surface area contributed by atoms with E-state index in [-0.39, 0.29) is 11.8 Å². The van der Waals surface area contributed by atoms with E-state index >= 15 is 0 Å². The molecule has 2 heterocycles. The van der Waals surface area contributed by atoms with Gasteiger partial charge in [0, 0.05) is 34.3 Å². The van der Waals surface area contributed by atoms with Gasteiger partial charge in [0.05, 0.1) is 46.0 Å². The molecule has 0 unspecified atom stereocenters. The van der Waals surface area contributed by atoms with Crippen LogP contribution in [0.3, 0.4) is 0 Å². The summed E-state index contributed by atoms with van der Waals surface area (Å²) in [6.45, 7) is 0. The van der Waals surface area contributed by atoms with Crippen LogP contribution in [0.4, 0.5) is 34.1 Å². The van der Waals surface area contributed by atoms with Gasteiger partial charge >= 0.3 is 0 Å². The van der Waals surface area contributed by atoms with Crippen LogP contribution in [0.15, 0.2) is 194 Å². The van der Waals surface area contributed by atoms with E-state index in [1.165, 1.54) is 33.4 Å². The first-order valence-electron chi connectivity index (χ1n) is 18.9. The molecule has 4 heteroatoms. The van der Waals surface area contributed by atoms with Crippen LogP contribution < -0.4 is 9.80 Å². The fourth-order valence-corrected chi connectivity index (χ4v) is 8.90. The summed E-state index contributed by atoms with van der Waals surface area (Å²) in [5.41, 5.74) is 15.9. The van der Waals surface area contributed by atoms with Crippen LogP contribution in [0.2, 0.25) is 0 Å². The highest BCUT2D eigenvalue weighted by Crippen LogP contribution is 2.53. The van der Waals surface area contributed by atoms with Gasteiger partial charge in [0.25, 0.3) is 0 Å². The zero-order valence-corrected chi connectivity index (χ0v) is 30.4. The van der Waals surface area contributed by atoms with E-state index in [0.29, 0.717) is 11.1 Å². The first-order valence-corrected chi connectivity index (χ1v) is 18.9. The average molecular weight is 715 g/mol. The zero-order chi connectivity index (χ0) is 37.6. The normalized spacial score (nSPS) is 13.1.